The summed E-state index contributed by atoms with van der Waals surface area (Å²) in [7, 11) is 0. The SMILES string of the molecule is CCCCC(C)SC(CC(=O)O)C(=O)NCCC(=O)N[C@@H](C)C(=O)N[C@@H](C)C(=O)Nc1cccc(Sc2ccc([C@@H]3O[C@@H]4C[C@H]5[C@@H]6C[C@H](F)C7=CC(=O)C=C[C@]7(C)[C@@]6(F)[C@@H](O)C[C@]5(C)[C@]4(C(=O)CO)O3)cc2)c1. The minimum atomic E-state index is -2.36. The van der Waals surface area contributed by atoms with Crippen LogP contribution in [0.3, 0.4) is 0 Å². The van der Waals surface area contributed by atoms with Gasteiger partial charge in [0.1, 0.15) is 24.9 Å². The minimum Gasteiger partial charge on any atom is -0.481 e. The number of amides is 4. The number of ketones is 2. The zero-order chi connectivity index (χ0) is 53.2. The molecule has 0 spiro atoms. The first-order valence-electron chi connectivity index (χ1n) is 24.9. The second kappa shape index (κ2) is 22.5. The van der Waals surface area contributed by atoms with Crippen LogP contribution in [0.2, 0.25) is 0 Å². The quantitative estimate of drug-likeness (QED) is 0.0749. The molecule has 16 nitrogen and oxygen atoms in total. The fourth-order valence-corrected chi connectivity index (χ4v) is 14.0. The maximum atomic E-state index is 17.8. The molecule has 5 aliphatic rings. The third kappa shape index (κ3) is 10.9. The summed E-state index contributed by atoms with van der Waals surface area (Å²) in [4.78, 5) is 90.7. The summed E-state index contributed by atoms with van der Waals surface area (Å²) >= 11 is 2.67. The highest BCUT2D eigenvalue weighted by Crippen LogP contribution is 2.72. The number of unbranched alkanes of at least 4 members (excludes halogenated alkanes) is 1. The van der Waals surface area contributed by atoms with Crippen LogP contribution < -0.4 is 21.3 Å². The lowest BCUT2D eigenvalue weighted by atomic mass is 9.44. The molecule has 3 saturated carbocycles. The second-order valence-corrected chi connectivity index (χ2v) is 23.2. The van der Waals surface area contributed by atoms with Gasteiger partial charge in [0, 0.05) is 56.0 Å². The number of rotatable bonds is 21. The molecule has 0 aromatic heterocycles. The maximum Gasteiger partial charge on any atom is 0.305 e. The zero-order valence-corrected chi connectivity index (χ0v) is 43.4. The van der Waals surface area contributed by atoms with Crippen LogP contribution in [0.15, 0.2) is 82.1 Å². The van der Waals surface area contributed by atoms with Crippen molar-refractivity contribution in [3.63, 3.8) is 0 Å². The molecule has 4 fully saturated rings. The van der Waals surface area contributed by atoms with Crippen LogP contribution in [-0.2, 0) is 43.0 Å². The molecule has 1 heterocycles. The Morgan fingerprint density at radius 1 is 0.932 bits per heavy atom. The highest BCUT2D eigenvalue weighted by molar-refractivity contribution is 8.01. The number of halogens is 2. The number of hydrogen-bond acceptors (Lipinski definition) is 13. The molecule has 396 valence electrons. The number of carboxylic acid groups (broad SMARTS) is 1. The van der Waals surface area contributed by atoms with Gasteiger partial charge in [-0.3, -0.25) is 33.6 Å². The summed E-state index contributed by atoms with van der Waals surface area (Å²) in [5, 5.41) is 41.3. The molecule has 2 aromatic rings. The number of aliphatic hydroxyl groups is 2. The number of nitrogens with one attached hydrogen (secondary N) is 4. The normalized spacial score (nSPS) is 31.5. The van der Waals surface area contributed by atoms with E-state index in [1.165, 1.54) is 56.4 Å². The first-order valence-corrected chi connectivity index (χ1v) is 26.6. The highest BCUT2D eigenvalue weighted by Gasteiger charge is 2.80. The van der Waals surface area contributed by atoms with Crippen molar-refractivity contribution in [1.82, 2.24) is 16.0 Å². The monoisotopic (exact) mass is 1050 g/mol. The van der Waals surface area contributed by atoms with E-state index in [9.17, 15) is 48.9 Å². The van der Waals surface area contributed by atoms with Gasteiger partial charge in [-0.05, 0) is 100 Å². The first-order chi connectivity index (χ1) is 34.5. The molecule has 2 aromatic carbocycles. The summed E-state index contributed by atoms with van der Waals surface area (Å²) in [6.07, 6.45) is 0.180. The minimum absolute atomic E-state index is 0.00707. The molecule has 0 bridgehead atoms. The van der Waals surface area contributed by atoms with Gasteiger partial charge in [-0.2, -0.15) is 0 Å². The summed E-state index contributed by atoms with van der Waals surface area (Å²) < 4.78 is 46.9. The standard InChI is InChI=1S/C53H66F2N4O12S2/c1-7-8-10-28(2)72-40(25-45(65)66)48(69)56-20-18-44(64)57-29(3)46(67)58-30(4)47(68)59-32-11-9-12-35(21-32)73-34-15-13-31(14-16-34)49-70-43-24-36-37-23-39(54)38-22-33(61)17-19-50(38,5)52(37,55)41(62)26-51(36,6)53(43,71-49)42(63)27-60/h9,11-17,19,21-22,28-30,36-37,39-41,43,49,60,62H,7-8,10,18,20,23-27H2,1-6H3,(H,56,69)(H,57,64)(H,58,67)(H,59,68)(H,65,66)/t28?,29-,30-,36-,37-,39-,40?,41-,43+,49+,50-,51-,52-,53+/m0/s1. The maximum absolute atomic E-state index is 17.8. The Kier molecular flexibility index (Phi) is 17.2. The van der Waals surface area contributed by atoms with Crippen LogP contribution in [0.1, 0.15) is 105 Å². The molecular weight excluding hydrogens is 987 g/mol. The summed E-state index contributed by atoms with van der Waals surface area (Å²) in [6.45, 7) is 9.22. The van der Waals surface area contributed by atoms with Crippen molar-refractivity contribution in [2.45, 2.75) is 161 Å². The Morgan fingerprint density at radius 3 is 2.33 bits per heavy atom. The molecule has 20 heteroatoms. The van der Waals surface area contributed by atoms with Gasteiger partial charge in [0.15, 0.2) is 29.1 Å². The van der Waals surface area contributed by atoms with Crippen LogP contribution in [0.5, 0.6) is 0 Å². The van der Waals surface area contributed by atoms with Gasteiger partial charge in [0.25, 0.3) is 0 Å². The molecule has 1 saturated heterocycles. The molecule has 2 unspecified atom stereocenters. The lowest BCUT2D eigenvalue weighted by Gasteiger charge is -2.63. The first kappa shape index (κ1) is 55.8. The molecule has 4 amide bonds. The van der Waals surface area contributed by atoms with Gasteiger partial charge in [-0.1, -0.05) is 69.6 Å². The molecule has 7 rings (SSSR count). The number of alkyl halides is 2. The number of carboxylic acids is 1. The smallest absolute Gasteiger partial charge is 0.305 e. The lowest BCUT2D eigenvalue weighted by Crippen LogP contribution is -2.70. The fourth-order valence-electron chi connectivity index (χ4n) is 11.8. The van der Waals surface area contributed by atoms with Gasteiger partial charge in [-0.15, -0.1) is 11.8 Å². The Hall–Kier alpha value is -4.99. The molecule has 0 radical (unpaired) electrons. The van der Waals surface area contributed by atoms with Crippen LogP contribution in [0, 0.1) is 22.7 Å². The van der Waals surface area contributed by atoms with Crippen LogP contribution in [0.25, 0.3) is 0 Å². The Labute approximate surface area is 432 Å². The number of aliphatic carboxylic acids is 1. The molecule has 4 aliphatic carbocycles. The van der Waals surface area contributed by atoms with Crippen molar-refractivity contribution in [1.29, 1.82) is 0 Å². The van der Waals surface area contributed by atoms with Crippen molar-refractivity contribution >= 4 is 70.4 Å². The van der Waals surface area contributed by atoms with E-state index < -0.39 is 124 Å². The average Bonchev–Trinajstić information content (AvgIpc) is 3.84. The van der Waals surface area contributed by atoms with E-state index >= 15 is 8.78 Å². The molecule has 1 aliphatic heterocycles. The van der Waals surface area contributed by atoms with E-state index in [0.29, 0.717) is 11.3 Å². The summed E-state index contributed by atoms with van der Waals surface area (Å²) in [5.41, 5.74) is -6.01. The number of fused-ring (bicyclic) bond motifs is 7. The fraction of sp³-hybridized carbons (Fsp3) is 0.566. The van der Waals surface area contributed by atoms with E-state index in [2.05, 4.69) is 28.2 Å². The number of thioether (sulfide) groups is 1. The van der Waals surface area contributed by atoms with E-state index in [-0.39, 0.29) is 49.5 Å². The summed E-state index contributed by atoms with van der Waals surface area (Å²) in [6, 6.07) is 12.2. The number of Topliss-reactive ketones (excluding diaryl/α,β-unsaturated/α-hetero) is 1. The lowest BCUT2D eigenvalue weighted by molar-refractivity contribution is -0.235. The second-order valence-electron chi connectivity index (χ2n) is 20.4. The van der Waals surface area contributed by atoms with Crippen LogP contribution >= 0.6 is 23.5 Å². The molecule has 73 heavy (non-hydrogen) atoms. The van der Waals surface area contributed by atoms with Crippen LogP contribution in [-0.4, -0.2) is 122 Å². The largest absolute Gasteiger partial charge is 0.481 e. The number of carbonyl (C=O) groups is 7. The van der Waals surface area contributed by atoms with E-state index in [0.717, 1.165) is 35.1 Å². The van der Waals surface area contributed by atoms with Gasteiger partial charge in [-0.25, -0.2) is 8.78 Å². The van der Waals surface area contributed by atoms with Gasteiger partial charge in [0.2, 0.25) is 23.6 Å². The van der Waals surface area contributed by atoms with Gasteiger partial charge >= 0.3 is 5.97 Å². The zero-order valence-electron chi connectivity index (χ0n) is 41.8. The number of benzene rings is 2. The Bertz CT molecular complexity index is 2530. The van der Waals surface area contributed by atoms with E-state index in [4.69, 9.17) is 9.47 Å². The van der Waals surface area contributed by atoms with E-state index in [1.54, 1.807) is 37.3 Å². The number of allylic oxidation sites excluding steroid dienone is 4. The predicted molar refractivity (Wildman–Crippen MR) is 269 cm³/mol. The molecular formula is C53H66F2N4O12S2. The number of hydrogen-bond donors (Lipinski definition) is 7. The number of ether oxygens (including phenoxy) is 2. The number of carbonyl (C=O) groups excluding carboxylic acids is 6. The molecule has 14 atom stereocenters. The predicted octanol–water partition coefficient (Wildman–Crippen LogP) is 6.09. The number of aliphatic hydroxyl groups excluding tert-OH is 2. The average molecular weight is 1050 g/mol. The third-order valence-corrected chi connectivity index (χ3v) is 18.0. The van der Waals surface area contributed by atoms with Gasteiger partial charge in [0.05, 0.1) is 23.9 Å². The third-order valence-electron chi connectivity index (χ3n) is 15.6. The van der Waals surface area contributed by atoms with Crippen molar-refractivity contribution in [3.05, 3.63) is 77.9 Å². The number of anilines is 1. The van der Waals surface area contributed by atoms with Crippen molar-refractivity contribution in [3.8, 4) is 0 Å². The van der Waals surface area contributed by atoms with E-state index in [1.807, 2.05) is 25.1 Å². The van der Waals surface area contributed by atoms with Crippen molar-refractivity contribution in [2.24, 2.45) is 22.7 Å². The highest BCUT2D eigenvalue weighted by atomic mass is 32.2. The Morgan fingerprint density at radius 2 is 1.64 bits per heavy atom. The summed E-state index contributed by atoms with van der Waals surface area (Å²) in [5.74, 6) is -6.11. The van der Waals surface area contributed by atoms with Gasteiger partial charge < -0.3 is 46.1 Å². The topological polar surface area (TPSA) is 247 Å². The van der Waals surface area contributed by atoms with Crippen molar-refractivity contribution in [2.75, 3.05) is 18.5 Å². The van der Waals surface area contributed by atoms with Crippen LogP contribution in [0.4, 0.5) is 14.5 Å². The van der Waals surface area contributed by atoms with Crippen molar-refractivity contribution < 1.29 is 67.1 Å². The molecule has 7 N–H and O–H groups in total. The Balaban J connectivity index is 0.911.